The molecule has 1 amide bonds. The summed E-state index contributed by atoms with van der Waals surface area (Å²) in [6.07, 6.45) is 2.24. The molecule has 10 heteroatoms. The van der Waals surface area contributed by atoms with Gasteiger partial charge in [0.1, 0.15) is 5.75 Å². The minimum Gasteiger partial charge on any atom is -0.496 e. The van der Waals surface area contributed by atoms with Gasteiger partial charge in [-0.05, 0) is 55.2 Å². The second-order valence-electron chi connectivity index (χ2n) is 7.86. The van der Waals surface area contributed by atoms with Crippen LogP contribution in [0.2, 0.25) is 0 Å². The van der Waals surface area contributed by atoms with Crippen molar-refractivity contribution >= 4 is 15.9 Å². The number of methoxy groups -OCH3 is 4. The van der Waals surface area contributed by atoms with Crippen LogP contribution in [0.1, 0.15) is 30.4 Å². The standard InChI is InChI=1S/C24H32N2O7S/c1-30-20-11-9-19(34(28,29)26-13-5-6-14-26)15-17(20)8-12-22(27)25-16-18-7-10-21(31-2)24(33-4)23(18)32-3/h7,9-11,15H,5-6,8,12-14,16H2,1-4H3,(H,25,27). The quantitative estimate of drug-likeness (QED) is 0.514. The van der Waals surface area contributed by atoms with Gasteiger partial charge in [-0.1, -0.05) is 0 Å². The van der Waals surface area contributed by atoms with Crippen molar-refractivity contribution in [3.8, 4) is 23.0 Å². The highest BCUT2D eigenvalue weighted by atomic mass is 32.2. The fraction of sp³-hybridized carbons (Fsp3) is 0.458. The van der Waals surface area contributed by atoms with Crippen LogP contribution in [0.3, 0.4) is 0 Å². The van der Waals surface area contributed by atoms with Crippen LogP contribution < -0.4 is 24.3 Å². The molecule has 1 fully saturated rings. The molecule has 0 atom stereocenters. The largest absolute Gasteiger partial charge is 0.496 e. The SMILES string of the molecule is COc1ccc(S(=O)(=O)N2CCCC2)cc1CCC(=O)NCc1ccc(OC)c(OC)c1OC. The first-order valence-corrected chi connectivity index (χ1v) is 12.5. The molecular weight excluding hydrogens is 460 g/mol. The zero-order valence-corrected chi connectivity index (χ0v) is 20.9. The highest BCUT2D eigenvalue weighted by molar-refractivity contribution is 7.89. The number of ether oxygens (including phenoxy) is 4. The minimum atomic E-state index is -3.55. The number of carbonyl (C=O) groups excluding carboxylic acids is 1. The summed E-state index contributed by atoms with van der Waals surface area (Å²) >= 11 is 0. The molecule has 3 rings (SSSR count). The van der Waals surface area contributed by atoms with E-state index in [0.29, 0.717) is 48.1 Å². The predicted molar refractivity (Wildman–Crippen MR) is 127 cm³/mol. The van der Waals surface area contributed by atoms with Crippen molar-refractivity contribution < 1.29 is 32.2 Å². The Balaban J connectivity index is 1.68. The van der Waals surface area contributed by atoms with E-state index < -0.39 is 10.0 Å². The number of sulfonamides is 1. The Bertz CT molecular complexity index is 1110. The van der Waals surface area contributed by atoms with Crippen LogP contribution in [0, 0.1) is 0 Å². The predicted octanol–water partition coefficient (Wildman–Crippen LogP) is 2.75. The number of aryl methyl sites for hydroxylation is 1. The van der Waals surface area contributed by atoms with Crippen LogP contribution in [-0.2, 0) is 27.8 Å². The summed E-state index contributed by atoms with van der Waals surface area (Å²) in [4.78, 5) is 12.8. The lowest BCUT2D eigenvalue weighted by Crippen LogP contribution is -2.28. The summed E-state index contributed by atoms with van der Waals surface area (Å²) in [5.74, 6) is 1.84. The molecule has 34 heavy (non-hydrogen) atoms. The Morgan fingerprint density at radius 1 is 0.882 bits per heavy atom. The number of nitrogens with zero attached hydrogens (tertiary/aromatic N) is 1. The molecule has 1 aliphatic heterocycles. The first kappa shape index (κ1) is 25.6. The average Bonchev–Trinajstić information content (AvgIpc) is 3.41. The number of benzene rings is 2. The average molecular weight is 493 g/mol. The molecule has 186 valence electrons. The highest BCUT2D eigenvalue weighted by Crippen LogP contribution is 2.39. The van der Waals surface area contributed by atoms with E-state index in [1.165, 1.54) is 25.6 Å². The number of amides is 1. The van der Waals surface area contributed by atoms with E-state index in [-0.39, 0.29) is 23.8 Å². The molecule has 0 radical (unpaired) electrons. The van der Waals surface area contributed by atoms with Crippen molar-refractivity contribution in [2.24, 2.45) is 0 Å². The normalized spacial score (nSPS) is 14.0. The van der Waals surface area contributed by atoms with Crippen molar-refractivity contribution in [1.82, 2.24) is 9.62 Å². The Morgan fingerprint density at radius 3 is 2.15 bits per heavy atom. The number of hydrogen-bond acceptors (Lipinski definition) is 7. The Labute approximate surface area is 201 Å². The van der Waals surface area contributed by atoms with Crippen molar-refractivity contribution in [2.45, 2.75) is 37.1 Å². The lowest BCUT2D eigenvalue weighted by atomic mass is 10.1. The van der Waals surface area contributed by atoms with E-state index in [2.05, 4.69) is 5.32 Å². The number of rotatable bonds is 11. The Morgan fingerprint density at radius 2 is 1.53 bits per heavy atom. The second kappa shape index (κ2) is 11.4. The topological polar surface area (TPSA) is 103 Å². The summed E-state index contributed by atoms with van der Waals surface area (Å²) in [5.41, 5.74) is 1.41. The van der Waals surface area contributed by atoms with Crippen molar-refractivity contribution in [3.05, 3.63) is 41.5 Å². The number of hydrogen-bond donors (Lipinski definition) is 1. The highest BCUT2D eigenvalue weighted by Gasteiger charge is 2.28. The monoisotopic (exact) mass is 492 g/mol. The van der Waals surface area contributed by atoms with Gasteiger partial charge >= 0.3 is 0 Å². The molecular formula is C24H32N2O7S. The van der Waals surface area contributed by atoms with Gasteiger partial charge in [-0.2, -0.15) is 4.31 Å². The van der Waals surface area contributed by atoms with Crippen LogP contribution in [0.4, 0.5) is 0 Å². The third-order valence-electron chi connectivity index (χ3n) is 5.84. The van der Waals surface area contributed by atoms with Gasteiger partial charge in [-0.25, -0.2) is 8.42 Å². The molecule has 1 aliphatic rings. The summed E-state index contributed by atoms with van der Waals surface area (Å²) in [7, 11) is 2.56. The molecule has 2 aromatic carbocycles. The molecule has 1 heterocycles. The van der Waals surface area contributed by atoms with Crippen LogP contribution in [0.15, 0.2) is 35.2 Å². The summed E-state index contributed by atoms with van der Waals surface area (Å²) in [6, 6.07) is 8.36. The van der Waals surface area contributed by atoms with Crippen LogP contribution in [-0.4, -0.2) is 60.2 Å². The van der Waals surface area contributed by atoms with Crippen LogP contribution >= 0.6 is 0 Å². The van der Waals surface area contributed by atoms with Crippen LogP contribution in [0.5, 0.6) is 23.0 Å². The maximum absolute atomic E-state index is 12.9. The van der Waals surface area contributed by atoms with Gasteiger partial charge in [0.05, 0.1) is 33.3 Å². The number of carbonyl (C=O) groups is 1. The smallest absolute Gasteiger partial charge is 0.243 e. The van der Waals surface area contributed by atoms with Crippen molar-refractivity contribution in [1.29, 1.82) is 0 Å². The van der Waals surface area contributed by atoms with E-state index in [1.54, 1.807) is 37.4 Å². The van der Waals surface area contributed by atoms with Gasteiger partial charge in [0.15, 0.2) is 11.5 Å². The maximum atomic E-state index is 12.9. The molecule has 0 aliphatic carbocycles. The molecule has 1 N–H and O–H groups in total. The third kappa shape index (κ3) is 5.56. The van der Waals surface area contributed by atoms with Gasteiger partial charge in [-0.3, -0.25) is 4.79 Å². The molecule has 9 nitrogen and oxygen atoms in total. The van der Waals surface area contributed by atoms with E-state index in [1.807, 2.05) is 0 Å². The summed E-state index contributed by atoms with van der Waals surface area (Å²) in [5, 5.41) is 2.88. The van der Waals surface area contributed by atoms with Gasteiger partial charge in [-0.15, -0.1) is 0 Å². The zero-order chi connectivity index (χ0) is 24.7. The van der Waals surface area contributed by atoms with Crippen molar-refractivity contribution in [2.75, 3.05) is 41.5 Å². The fourth-order valence-electron chi connectivity index (χ4n) is 4.02. The first-order valence-electron chi connectivity index (χ1n) is 11.1. The molecule has 0 unspecified atom stereocenters. The second-order valence-corrected chi connectivity index (χ2v) is 9.79. The lowest BCUT2D eigenvalue weighted by Gasteiger charge is -2.17. The molecule has 1 saturated heterocycles. The van der Waals surface area contributed by atoms with Gasteiger partial charge in [0.2, 0.25) is 21.7 Å². The fourth-order valence-corrected chi connectivity index (χ4v) is 5.59. The van der Waals surface area contributed by atoms with Gasteiger partial charge in [0.25, 0.3) is 0 Å². The van der Waals surface area contributed by atoms with E-state index in [4.69, 9.17) is 18.9 Å². The minimum absolute atomic E-state index is 0.166. The van der Waals surface area contributed by atoms with E-state index in [0.717, 1.165) is 18.4 Å². The lowest BCUT2D eigenvalue weighted by molar-refractivity contribution is -0.121. The Kier molecular flexibility index (Phi) is 8.62. The van der Waals surface area contributed by atoms with Crippen molar-refractivity contribution in [3.63, 3.8) is 0 Å². The maximum Gasteiger partial charge on any atom is 0.243 e. The number of nitrogens with one attached hydrogen (secondary N) is 1. The first-order chi connectivity index (χ1) is 16.3. The van der Waals surface area contributed by atoms with E-state index in [9.17, 15) is 13.2 Å². The molecule has 0 spiro atoms. The molecule has 0 saturated carbocycles. The third-order valence-corrected chi connectivity index (χ3v) is 7.73. The van der Waals surface area contributed by atoms with Gasteiger partial charge in [0, 0.05) is 31.6 Å². The molecule has 0 bridgehead atoms. The zero-order valence-electron chi connectivity index (χ0n) is 20.0. The van der Waals surface area contributed by atoms with Crippen LogP contribution in [0.25, 0.3) is 0 Å². The molecule has 0 aromatic heterocycles. The van der Waals surface area contributed by atoms with Gasteiger partial charge < -0.3 is 24.3 Å². The molecule has 2 aromatic rings. The summed E-state index contributed by atoms with van der Waals surface area (Å²) in [6.45, 7) is 1.31. The van der Waals surface area contributed by atoms with E-state index >= 15 is 0 Å². The Hall–Kier alpha value is -2.98. The summed E-state index contributed by atoms with van der Waals surface area (Å²) < 4.78 is 48.9.